The van der Waals surface area contributed by atoms with E-state index >= 15 is 0 Å². The van der Waals surface area contributed by atoms with Crippen LogP contribution in [0.15, 0.2) is 0 Å². The van der Waals surface area contributed by atoms with E-state index in [1.165, 1.54) is 7.11 Å². The number of nitrogens with two attached hydrogens (primary N) is 1. The summed E-state index contributed by atoms with van der Waals surface area (Å²) in [6.45, 7) is 14.6. The highest BCUT2D eigenvalue weighted by Crippen LogP contribution is 2.15. The molecule has 0 aromatic rings. The van der Waals surface area contributed by atoms with Crippen LogP contribution in [0.1, 0.15) is 94.4 Å². The van der Waals surface area contributed by atoms with Crippen LogP contribution in [0.25, 0.3) is 0 Å². The van der Waals surface area contributed by atoms with Gasteiger partial charge >= 0.3 is 5.97 Å². The van der Waals surface area contributed by atoms with Crippen molar-refractivity contribution in [3.05, 3.63) is 0 Å². The van der Waals surface area contributed by atoms with Gasteiger partial charge in [-0.3, -0.25) is 33.6 Å². The normalized spacial score (nSPS) is 15.8. The minimum absolute atomic E-state index is 0.0843. The van der Waals surface area contributed by atoms with Crippen molar-refractivity contribution >= 4 is 47.3 Å². The van der Waals surface area contributed by atoms with Crippen molar-refractivity contribution in [1.29, 1.82) is 0 Å². The number of hydrogen-bond donors (Lipinski definition) is 9. The van der Waals surface area contributed by atoms with Crippen molar-refractivity contribution in [1.82, 2.24) is 31.9 Å². The Hall–Kier alpha value is -4.32. The number of hydrogen-bond acceptors (Lipinski definition) is 11. The Bertz CT molecular complexity index is 1260. The summed E-state index contributed by atoms with van der Waals surface area (Å²) in [5, 5.41) is 35.8. The fraction of sp³-hybridized carbons (Fsp3) is 0.771. The topological polar surface area (TPSA) is 284 Å². The average Bonchev–Trinajstić information content (AvgIpc) is 3.05. The first-order valence-corrected chi connectivity index (χ1v) is 18.0. The molecule has 0 aromatic heterocycles. The second kappa shape index (κ2) is 24.1. The average molecular weight is 758 g/mol. The molecule has 18 nitrogen and oxygen atoms in total. The molecule has 0 saturated carbocycles. The Morgan fingerprint density at radius 1 is 0.660 bits per heavy atom. The highest BCUT2D eigenvalue weighted by molar-refractivity contribution is 5.96. The minimum atomic E-state index is -1.55. The SMILES string of the molecule is CC[C@H](C)[C@H](NC(=O)C[C@H](O)[C@H](CC(C)C)NC(=O)[C@H](CC(N)=O)NC(=O)[C@H](CC(C)C)NC(=O)[C@H](CO)NC(C)=O)C(=O)N[C@H](C(=O)OC)C(C)C. The van der Waals surface area contributed by atoms with Gasteiger partial charge in [-0.15, -0.1) is 0 Å². The van der Waals surface area contributed by atoms with Gasteiger partial charge in [0, 0.05) is 6.92 Å². The van der Waals surface area contributed by atoms with Crippen molar-refractivity contribution in [2.45, 2.75) is 137 Å². The van der Waals surface area contributed by atoms with Gasteiger partial charge in [-0.25, -0.2) is 4.79 Å². The lowest BCUT2D eigenvalue weighted by atomic mass is 9.94. The summed E-state index contributed by atoms with van der Waals surface area (Å²) < 4.78 is 4.79. The van der Waals surface area contributed by atoms with E-state index in [2.05, 4.69) is 31.9 Å². The van der Waals surface area contributed by atoms with E-state index in [0.29, 0.717) is 6.42 Å². The molecule has 0 radical (unpaired) electrons. The second-order valence-corrected chi connectivity index (χ2v) is 14.6. The molecule has 0 aliphatic carbocycles. The van der Waals surface area contributed by atoms with E-state index in [4.69, 9.17) is 10.5 Å². The molecule has 7 amide bonds. The second-order valence-electron chi connectivity index (χ2n) is 14.6. The molecule has 10 N–H and O–H groups in total. The van der Waals surface area contributed by atoms with Crippen LogP contribution in [0, 0.1) is 23.7 Å². The van der Waals surface area contributed by atoms with E-state index in [1.807, 2.05) is 20.8 Å². The summed E-state index contributed by atoms with van der Waals surface area (Å²) in [4.78, 5) is 102. The molecule has 0 saturated heterocycles. The maximum absolute atomic E-state index is 13.6. The van der Waals surface area contributed by atoms with Gasteiger partial charge in [-0.2, -0.15) is 0 Å². The van der Waals surface area contributed by atoms with Crippen LogP contribution in [-0.2, 0) is 43.1 Å². The molecular formula is C35H63N7O11. The first kappa shape index (κ1) is 48.7. The number of esters is 1. The van der Waals surface area contributed by atoms with Crippen LogP contribution in [0.3, 0.4) is 0 Å². The largest absolute Gasteiger partial charge is 0.467 e. The molecule has 53 heavy (non-hydrogen) atoms. The maximum Gasteiger partial charge on any atom is 0.328 e. The van der Waals surface area contributed by atoms with Crippen LogP contribution >= 0.6 is 0 Å². The van der Waals surface area contributed by atoms with Crippen molar-refractivity contribution < 1.29 is 53.3 Å². The lowest BCUT2D eigenvalue weighted by Gasteiger charge is -2.30. The quantitative estimate of drug-likeness (QED) is 0.0511. The van der Waals surface area contributed by atoms with Crippen LogP contribution in [0.5, 0.6) is 0 Å². The third kappa shape index (κ3) is 18.3. The van der Waals surface area contributed by atoms with E-state index in [0.717, 1.165) is 6.92 Å². The van der Waals surface area contributed by atoms with Crippen molar-refractivity contribution in [2.24, 2.45) is 29.4 Å². The predicted octanol–water partition coefficient (Wildman–Crippen LogP) is -1.50. The summed E-state index contributed by atoms with van der Waals surface area (Å²) in [6.07, 6.45) is -1.94. The number of rotatable bonds is 24. The van der Waals surface area contributed by atoms with Crippen LogP contribution in [0.4, 0.5) is 0 Å². The molecule has 0 fully saturated rings. The number of methoxy groups -OCH3 is 1. The zero-order chi connectivity index (χ0) is 41.2. The van der Waals surface area contributed by atoms with Crippen molar-refractivity contribution in [3.8, 4) is 0 Å². The standard InChI is InChI=1S/C35H63N7O11/c1-11-20(8)30(34(51)42-29(19(6)7)35(52)53-10)41-28(47)15-26(45)22(12-17(2)3)38-32(49)24(14-27(36)46)40-31(48)23(13-18(4)5)39-33(50)25(16-43)37-21(9)44/h17-20,22-26,29-30,43,45H,11-16H2,1-10H3,(H2,36,46)(H,37,44)(H,38,49)(H,39,50)(H,40,48)(H,41,47)(H,42,51)/t20-,22-,23-,24-,25-,26-,29-,30-/m0/s1. The molecule has 0 heterocycles. The number of aliphatic hydroxyl groups is 2. The Kier molecular flexibility index (Phi) is 22.1. The molecule has 304 valence electrons. The predicted molar refractivity (Wildman–Crippen MR) is 194 cm³/mol. The zero-order valence-corrected chi connectivity index (χ0v) is 32.7. The number of aliphatic hydroxyl groups excluding tert-OH is 2. The Morgan fingerprint density at radius 3 is 1.64 bits per heavy atom. The minimum Gasteiger partial charge on any atom is -0.467 e. The summed E-state index contributed by atoms with van der Waals surface area (Å²) in [6, 6.07) is -7.22. The molecule has 0 aliphatic rings. The Morgan fingerprint density at radius 2 is 1.19 bits per heavy atom. The first-order chi connectivity index (χ1) is 24.6. The van der Waals surface area contributed by atoms with Crippen LogP contribution < -0.4 is 37.6 Å². The Labute approximate surface area is 312 Å². The van der Waals surface area contributed by atoms with Gasteiger partial charge in [0.2, 0.25) is 41.4 Å². The van der Waals surface area contributed by atoms with E-state index in [9.17, 15) is 48.6 Å². The lowest BCUT2D eigenvalue weighted by Crippen LogP contribution is -2.59. The summed E-state index contributed by atoms with van der Waals surface area (Å²) in [5.41, 5.74) is 5.39. The molecule has 0 aliphatic heterocycles. The molecular weight excluding hydrogens is 694 g/mol. The number of primary amides is 1. The molecule has 0 spiro atoms. The third-order valence-electron chi connectivity index (χ3n) is 8.40. The van der Waals surface area contributed by atoms with Crippen molar-refractivity contribution in [2.75, 3.05) is 13.7 Å². The number of carbonyl (C=O) groups is 8. The highest BCUT2D eigenvalue weighted by atomic mass is 16.5. The molecule has 0 aromatic carbocycles. The molecule has 0 bridgehead atoms. The monoisotopic (exact) mass is 757 g/mol. The van der Waals surface area contributed by atoms with E-state index < -0.39 is 109 Å². The van der Waals surface area contributed by atoms with E-state index in [1.54, 1.807) is 34.6 Å². The fourth-order valence-corrected chi connectivity index (χ4v) is 5.34. The Balaban J connectivity index is 6.10. The summed E-state index contributed by atoms with van der Waals surface area (Å²) >= 11 is 0. The van der Waals surface area contributed by atoms with Gasteiger partial charge in [-0.1, -0.05) is 61.8 Å². The summed E-state index contributed by atoms with van der Waals surface area (Å²) in [7, 11) is 1.20. The van der Waals surface area contributed by atoms with Gasteiger partial charge in [0.15, 0.2) is 0 Å². The van der Waals surface area contributed by atoms with Gasteiger partial charge < -0.3 is 52.6 Å². The smallest absolute Gasteiger partial charge is 0.328 e. The molecule has 18 heteroatoms. The van der Waals surface area contributed by atoms with E-state index in [-0.39, 0.29) is 36.5 Å². The fourth-order valence-electron chi connectivity index (χ4n) is 5.34. The molecule has 0 rings (SSSR count). The first-order valence-electron chi connectivity index (χ1n) is 18.0. The third-order valence-corrected chi connectivity index (χ3v) is 8.40. The van der Waals surface area contributed by atoms with Gasteiger partial charge in [-0.05, 0) is 36.5 Å². The highest BCUT2D eigenvalue weighted by Gasteiger charge is 2.35. The number of ether oxygens (including phenoxy) is 1. The number of carbonyl (C=O) groups excluding carboxylic acids is 8. The summed E-state index contributed by atoms with van der Waals surface area (Å²) in [5.74, 6) is -7.03. The van der Waals surface area contributed by atoms with Gasteiger partial charge in [0.25, 0.3) is 0 Å². The van der Waals surface area contributed by atoms with Crippen molar-refractivity contribution in [3.63, 3.8) is 0 Å². The van der Waals surface area contributed by atoms with Gasteiger partial charge in [0.05, 0.1) is 38.7 Å². The van der Waals surface area contributed by atoms with Crippen LogP contribution in [0.2, 0.25) is 0 Å². The number of nitrogens with one attached hydrogen (secondary N) is 6. The van der Waals surface area contributed by atoms with Crippen LogP contribution in [-0.4, -0.2) is 114 Å². The molecule has 0 unspecified atom stereocenters. The number of amides is 7. The van der Waals surface area contributed by atoms with Gasteiger partial charge in [0.1, 0.15) is 30.2 Å². The lowest BCUT2D eigenvalue weighted by molar-refractivity contribution is -0.147. The maximum atomic E-state index is 13.6. The molecule has 8 atom stereocenters. The zero-order valence-electron chi connectivity index (χ0n) is 32.7.